The Morgan fingerprint density at radius 2 is 1.04 bits per heavy atom. The molecule has 0 N–H and O–H groups in total. The van der Waals surface area contributed by atoms with Crippen LogP contribution in [0.5, 0.6) is 0 Å². The van der Waals surface area contributed by atoms with Crippen molar-refractivity contribution in [2.45, 2.75) is 25.8 Å². The quantitative estimate of drug-likeness (QED) is 0.145. The Hall–Kier alpha value is -9.10. The first-order valence-corrected chi connectivity index (χ1v) is 23.6. The van der Waals surface area contributed by atoms with Crippen LogP contribution < -0.4 is 20.4 Å². The molecule has 10 aromatic rings. The molecule has 0 saturated heterocycles. The van der Waals surface area contributed by atoms with E-state index >= 15 is 0 Å². The number of hydrogen-bond acceptors (Lipinski definition) is 4. The van der Waals surface area contributed by atoms with Crippen molar-refractivity contribution < 1.29 is 0 Å². The lowest BCUT2D eigenvalue weighted by atomic mass is 9.92. The summed E-state index contributed by atoms with van der Waals surface area (Å²) in [6.45, 7) is 2.32. The third-order valence-corrected chi connectivity index (χ3v) is 13.9. The van der Waals surface area contributed by atoms with Crippen molar-refractivity contribution in [1.82, 2.24) is 9.13 Å². The fourth-order valence-corrected chi connectivity index (χ4v) is 10.6. The van der Waals surface area contributed by atoms with E-state index in [4.69, 9.17) is 0 Å². The molecule has 0 bridgehead atoms. The van der Waals surface area contributed by atoms with Crippen LogP contribution in [0, 0.1) is 28.6 Å². The molecule has 2 heterocycles. The van der Waals surface area contributed by atoms with Gasteiger partial charge >= 0.3 is 0 Å². The first kappa shape index (κ1) is 41.3. The van der Waals surface area contributed by atoms with E-state index in [1.54, 1.807) is 0 Å². The minimum Gasteiger partial charge on any atom is -0.334 e. The fourth-order valence-electron chi connectivity index (χ4n) is 10.6. The summed E-state index contributed by atoms with van der Waals surface area (Å²) in [5.41, 5.74) is 14.5. The number of nitriles is 2. The molecule has 2 aromatic heterocycles. The number of rotatable bonds is 9. The average molecular weight is 887 g/mol. The average Bonchev–Trinajstić information content (AvgIpc) is 3.92. The lowest BCUT2D eigenvalue weighted by Gasteiger charge is -2.36. The Morgan fingerprint density at radius 1 is 0.507 bits per heavy atom. The van der Waals surface area contributed by atoms with Crippen molar-refractivity contribution in [2.24, 2.45) is 5.92 Å². The summed E-state index contributed by atoms with van der Waals surface area (Å²) in [6.07, 6.45) is 13.6. The molecule has 6 heteroatoms. The van der Waals surface area contributed by atoms with E-state index in [1.807, 2.05) is 36.4 Å². The van der Waals surface area contributed by atoms with Gasteiger partial charge in [0.25, 0.3) is 0 Å². The summed E-state index contributed by atoms with van der Waals surface area (Å²) in [7, 11) is 0. The first-order valence-electron chi connectivity index (χ1n) is 23.6. The molecule has 69 heavy (non-hydrogen) atoms. The molecule has 0 spiro atoms. The van der Waals surface area contributed by atoms with Crippen LogP contribution in [0.2, 0.25) is 0 Å². The molecule has 0 amide bonds. The molecule has 0 radical (unpaired) electrons. The topological polar surface area (TPSA) is 63.9 Å². The highest BCUT2D eigenvalue weighted by Gasteiger charge is 2.28. The number of fused-ring (bicyclic) bond motifs is 6. The van der Waals surface area contributed by atoms with Crippen molar-refractivity contribution in [2.75, 3.05) is 9.80 Å². The Labute approximate surface area is 401 Å². The highest BCUT2D eigenvalue weighted by molar-refractivity contribution is 6.10. The van der Waals surface area contributed by atoms with Gasteiger partial charge in [0.15, 0.2) is 0 Å². The van der Waals surface area contributed by atoms with Crippen LogP contribution in [0.3, 0.4) is 0 Å². The van der Waals surface area contributed by atoms with Gasteiger partial charge in [-0.15, -0.1) is 0 Å². The summed E-state index contributed by atoms with van der Waals surface area (Å²) < 4.78 is 4.80. The molecule has 2 aliphatic carbocycles. The maximum Gasteiger partial charge on any atom is 0.0991 e. The predicted octanol–water partition coefficient (Wildman–Crippen LogP) is 14.2. The van der Waals surface area contributed by atoms with Crippen LogP contribution in [-0.4, -0.2) is 15.2 Å². The maximum absolute atomic E-state index is 9.73. The standard InChI is InChI=1S/C63H46N6/c1-43-38-63-58(56-17-9-11-19-60(56)69(63)49-14-6-3-7-15-49)40-62(43)67(52-30-22-45(42-65)23-31-52)53-34-26-47(27-35-53)46-24-32-51(33-25-46)66(50-28-20-44(41-64)21-29-50)54-36-37-61-57(39-54)55-16-8-10-18-59(55)68(61)48-12-4-2-5-13-48/h2-6,8-14,16-40,43,62H,7,15H2,1H3. The van der Waals surface area contributed by atoms with Crippen molar-refractivity contribution >= 4 is 79.0 Å². The van der Waals surface area contributed by atoms with Crippen LogP contribution in [-0.2, 0) is 0 Å². The zero-order valence-corrected chi connectivity index (χ0v) is 38.1. The van der Waals surface area contributed by atoms with E-state index in [1.165, 1.54) is 32.6 Å². The third-order valence-electron chi connectivity index (χ3n) is 13.9. The zero-order valence-electron chi connectivity index (χ0n) is 38.1. The number of allylic oxidation sites excluding steroid dienone is 4. The van der Waals surface area contributed by atoms with Crippen molar-refractivity contribution in [3.8, 4) is 29.0 Å². The molecule has 6 nitrogen and oxygen atoms in total. The van der Waals surface area contributed by atoms with Gasteiger partial charge in [-0.2, -0.15) is 10.5 Å². The molecule has 0 saturated carbocycles. The van der Waals surface area contributed by atoms with Crippen molar-refractivity contribution in [3.05, 3.63) is 234 Å². The van der Waals surface area contributed by atoms with E-state index < -0.39 is 0 Å². The fraction of sp³-hybridized carbons (Fsp3) is 0.0794. The zero-order chi connectivity index (χ0) is 46.4. The highest BCUT2D eigenvalue weighted by atomic mass is 15.2. The van der Waals surface area contributed by atoms with Gasteiger partial charge in [0, 0.05) is 72.5 Å². The number of benzene rings is 8. The summed E-state index contributed by atoms with van der Waals surface area (Å²) in [6, 6.07) is 72.6. The Kier molecular flexibility index (Phi) is 10.4. The summed E-state index contributed by atoms with van der Waals surface area (Å²) in [5, 5.41) is 25.5. The van der Waals surface area contributed by atoms with Gasteiger partial charge in [0.05, 0.1) is 45.9 Å². The minimum atomic E-state index is 0.0115. The monoisotopic (exact) mass is 886 g/mol. The Morgan fingerprint density at radius 3 is 1.67 bits per heavy atom. The molecule has 2 atom stereocenters. The number of para-hydroxylation sites is 3. The second-order valence-electron chi connectivity index (χ2n) is 18.0. The molecule has 12 rings (SSSR count). The second-order valence-corrected chi connectivity index (χ2v) is 18.0. The largest absolute Gasteiger partial charge is 0.334 e. The molecule has 2 unspecified atom stereocenters. The van der Waals surface area contributed by atoms with Gasteiger partial charge in [-0.1, -0.05) is 110 Å². The van der Waals surface area contributed by atoms with Crippen LogP contribution in [0.15, 0.2) is 212 Å². The number of aromatic nitrogens is 2. The Balaban J connectivity index is 0.914. The van der Waals surface area contributed by atoms with Crippen LogP contribution in [0.25, 0.3) is 67.4 Å². The smallest absolute Gasteiger partial charge is 0.0991 e. The van der Waals surface area contributed by atoms with Gasteiger partial charge in [0.2, 0.25) is 0 Å². The summed E-state index contributed by atoms with van der Waals surface area (Å²) in [4.78, 5) is 4.69. The molecule has 0 fully saturated rings. The van der Waals surface area contributed by atoms with E-state index in [0.717, 1.165) is 74.5 Å². The molecule has 8 aromatic carbocycles. The molecule has 328 valence electrons. The molecular weight excluding hydrogens is 841 g/mol. The molecular formula is C63H46N6. The normalized spacial score (nSPS) is 15.1. The minimum absolute atomic E-state index is 0.0115. The number of hydrogen-bond donors (Lipinski definition) is 0. The van der Waals surface area contributed by atoms with Gasteiger partial charge in [-0.3, -0.25) is 0 Å². The first-order chi connectivity index (χ1) is 34.0. The van der Waals surface area contributed by atoms with E-state index in [2.05, 4.69) is 226 Å². The summed E-state index contributed by atoms with van der Waals surface area (Å²) >= 11 is 0. The van der Waals surface area contributed by atoms with Gasteiger partial charge in [-0.25, -0.2) is 0 Å². The second kappa shape index (κ2) is 17.3. The lowest BCUT2D eigenvalue weighted by Crippen LogP contribution is -2.43. The van der Waals surface area contributed by atoms with E-state index in [0.29, 0.717) is 11.1 Å². The van der Waals surface area contributed by atoms with E-state index in [9.17, 15) is 10.5 Å². The van der Waals surface area contributed by atoms with Crippen LogP contribution in [0.4, 0.5) is 28.4 Å². The van der Waals surface area contributed by atoms with Crippen molar-refractivity contribution in [3.63, 3.8) is 0 Å². The lowest BCUT2D eigenvalue weighted by molar-refractivity contribution is 0.658. The third kappa shape index (κ3) is 7.28. The SMILES string of the molecule is CC1C=c2c(c3ccccc3n2C2=CC=CCC2)=CC1N(c1ccc(C#N)cc1)c1ccc(-c2ccc(N(c3ccc(C#N)cc3)c3ccc4c(c3)c3ccccc3n4-c3ccccc3)cc2)cc1. The van der Waals surface area contributed by atoms with Crippen LogP contribution in [0.1, 0.15) is 30.9 Å². The number of nitrogens with zero attached hydrogens (tertiary/aromatic N) is 6. The van der Waals surface area contributed by atoms with E-state index in [-0.39, 0.29) is 12.0 Å². The molecule has 2 aliphatic rings. The summed E-state index contributed by atoms with van der Waals surface area (Å²) in [5.74, 6) is 0.172. The highest BCUT2D eigenvalue weighted by Crippen LogP contribution is 2.41. The van der Waals surface area contributed by atoms with Crippen LogP contribution >= 0.6 is 0 Å². The van der Waals surface area contributed by atoms with Crippen molar-refractivity contribution in [1.29, 1.82) is 10.5 Å². The van der Waals surface area contributed by atoms with Gasteiger partial charge in [0.1, 0.15) is 0 Å². The maximum atomic E-state index is 9.73. The number of anilines is 5. The molecule has 0 aliphatic heterocycles. The Bertz CT molecular complexity index is 3860. The van der Waals surface area contributed by atoms with Gasteiger partial charge < -0.3 is 18.9 Å². The predicted molar refractivity (Wildman–Crippen MR) is 285 cm³/mol. The van der Waals surface area contributed by atoms with Gasteiger partial charge in [-0.05, 0) is 145 Å².